The molecule has 0 bridgehead atoms. The second-order valence-corrected chi connectivity index (χ2v) is 5.35. The van der Waals surface area contributed by atoms with E-state index in [1.54, 1.807) is 12.1 Å². The van der Waals surface area contributed by atoms with Gasteiger partial charge in [-0.1, -0.05) is 30.3 Å². The predicted molar refractivity (Wildman–Crippen MR) is 65.6 cm³/mol. The van der Waals surface area contributed by atoms with Crippen molar-refractivity contribution in [2.75, 3.05) is 5.75 Å². The molecule has 1 aromatic carbocycles. The molecule has 18 heavy (non-hydrogen) atoms. The molecule has 0 aliphatic rings. The first kappa shape index (κ1) is 14.5. The molecule has 0 fully saturated rings. The van der Waals surface area contributed by atoms with Crippen LogP contribution in [0.4, 0.5) is 4.79 Å². The summed E-state index contributed by atoms with van der Waals surface area (Å²) in [5, 5.41) is 2.31. The number of alkyl carbamates (subject to hydrolysis) is 1. The number of rotatable bonds is 5. The van der Waals surface area contributed by atoms with Gasteiger partial charge in [-0.3, -0.25) is 4.55 Å². The molecule has 7 heteroatoms. The number of ether oxygens (including phenoxy) is 1. The van der Waals surface area contributed by atoms with Gasteiger partial charge in [0, 0.05) is 6.04 Å². The molecule has 0 aliphatic carbocycles. The Morgan fingerprint density at radius 3 is 2.56 bits per heavy atom. The highest BCUT2D eigenvalue weighted by Gasteiger charge is 2.15. The number of carbonyl (C=O) groups is 1. The van der Waals surface area contributed by atoms with Gasteiger partial charge in [0.05, 0.1) is 5.75 Å². The van der Waals surface area contributed by atoms with Crippen molar-refractivity contribution in [3.63, 3.8) is 0 Å². The number of nitrogens with one attached hydrogen (secondary N) is 1. The molecule has 6 nitrogen and oxygen atoms in total. The maximum atomic E-state index is 11.3. The largest absolute Gasteiger partial charge is 0.445 e. The summed E-state index contributed by atoms with van der Waals surface area (Å²) < 4.78 is 34.6. The second-order valence-electron chi connectivity index (χ2n) is 3.86. The highest BCUT2D eigenvalue weighted by molar-refractivity contribution is 7.85. The summed E-state index contributed by atoms with van der Waals surface area (Å²) in [4.78, 5) is 11.3. The van der Waals surface area contributed by atoms with Crippen LogP contribution >= 0.6 is 0 Å². The topological polar surface area (TPSA) is 92.7 Å². The molecule has 0 saturated carbocycles. The third-order valence-corrected chi connectivity index (χ3v) is 2.96. The molecule has 0 aromatic heterocycles. The minimum Gasteiger partial charge on any atom is -0.445 e. The summed E-state index contributed by atoms with van der Waals surface area (Å²) in [6, 6.07) is 8.36. The molecule has 100 valence electrons. The van der Waals surface area contributed by atoms with Gasteiger partial charge in [-0.15, -0.1) is 0 Å². The Morgan fingerprint density at radius 2 is 2.00 bits per heavy atom. The van der Waals surface area contributed by atoms with E-state index in [0.717, 1.165) is 5.56 Å². The van der Waals surface area contributed by atoms with Crippen LogP contribution in [0.1, 0.15) is 12.5 Å². The number of hydrogen-bond acceptors (Lipinski definition) is 4. The SMILES string of the molecule is CC(CS(=O)(=O)O)NC(=O)OCc1ccccc1. The summed E-state index contributed by atoms with van der Waals surface area (Å²) >= 11 is 0. The van der Waals surface area contributed by atoms with Crippen molar-refractivity contribution < 1.29 is 22.5 Å². The monoisotopic (exact) mass is 273 g/mol. The lowest BCUT2D eigenvalue weighted by atomic mass is 10.2. The summed E-state index contributed by atoms with van der Waals surface area (Å²) in [7, 11) is -4.11. The maximum Gasteiger partial charge on any atom is 0.407 e. The van der Waals surface area contributed by atoms with Crippen LogP contribution in [0.5, 0.6) is 0 Å². The molecule has 1 rings (SSSR count). The van der Waals surface area contributed by atoms with Crippen LogP contribution in [0.3, 0.4) is 0 Å². The maximum absolute atomic E-state index is 11.3. The second kappa shape index (κ2) is 6.36. The summed E-state index contributed by atoms with van der Waals surface area (Å²) in [5.74, 6) is -0.548. The molecular weight excluding hydrogens is 258 g/mol. The first-order valence-corrected chi connectivity index (χ1v) is 6.90. The molecule has 0 aliphatic heterocycles. The first-order chi connectivity index (χ1) is 8.37. The fraction of sp³-hybridized carbons (Fsp3) is 0.364. The van der Waals surface area contributed by atoms with Crippen LogP contribution in [0.15, 0.2) is 30.3 Å². The van der Waals surface area contributed by atoms with Crippen LogP contribution < -0.4 is 5.32 Å². The van der Waals surface area contributed by atoms with Crippen molar-refractivity contribution in [1.29, 1.82) is 0 Å². The lowest BCUT2D eigenvalue weighted by Crippen LogP contribution is -2.37. The van der Waals surface area contributed by atoms with E-state index in [-0.39, 0.29) is 6.61 Å². The standard InChI is InChI=1S/C11H15NO5S/c1-9(8-18(14,15)16)12-11(13)17-7-10-5-3-2-4-6-10/h2-6,9H,7-8H2,1H3,(H,12,13)(H,14,15,16). The molecule has 1 unspecified atom stereocenters. The van der Waals surface area contributed by atoms with E-state index in [2.05, 4.69) is 5.32 Å². The van der Waals surface area contributed by atoms with Crippen molar-refractivity contribution in [3.8, 4) is 0 Å². The van der Waals surface area contributed by atoms with E-state index in [4.69, 9.17) is 9.29 Å². The van der Waals surface area contributed by atoms with Gasteiger partial charge in [-0.25, -0.2) is 4.79 Å². The van der Waals surface area contributed by atoms with Crippen molar-refractivity contribution in [1.82, 2.24) is 5.32 Å². The highest BCUT2D eigenvalue weighted by Crippen LogP contribution is 2.01. The average molecular weight is 273 g/mol. The molecule has 0 spiro atoms. The van der Waals surface area contributed by atoms with E-state index in [0.29, 0.717) is 0 Å². The third-order valence-electron chi connectivity index (χ3n) is 2.04. The first-order valence-electron chi connectivity index (χ1n) is 5.29. The van der Waals surface area contributed by atoms with Crippen LogP contribution in [-0.4, -0.2) is 30.9 Å². The zero-order chi connectivity index (χ0) is 13.6. The Kier molecular flexibility index (Phi) is 5.11. The predicted octanol–water partition coefficient (Wildman–Crippen LogP) is 1.19. The van der Waals surface area contributed by atoms with Crippen LogP contribution in [0.2, 0.25) is 0 Å². The fourth-order valence-electron chi connectivity index (χ4n) is 1.32. The van der Waals surface area contributed by atoms with Gasteiger partial charge in [0.15, 0.2) is 0 Å². The quantitative estimate of drug-likeness (QED) is 0.786. The van der Waals surface area contributed by atoms with Gasteiger partial charge >= 0.3 is 6.09 Å². The zero-order valence-electron chi connectivity index (χ0n) is 9.87. The Hall–Kier alpha value is -1.60. The number of benzene rings is 1. The molecular formula is C11H15NO5S. The van der Waals surface area contributed by atoms with Crippen LogP contribution in [0, 0.1) is 0 Å². The van der Waals surface area contributed by atoms with E-state index in [1.807, 2.05) is 18.2 Å². The minimum absolute atomic E-state index is 0.102. The third kappa shape index (κ3) is 6.21. The summed E-state index contributed by atoms with van der Waals surface area (Å²) in [5.41, 5.74) is 0.829. The highest BCUT2D eigenvalue weighted by atomic mass is 32.2. The van der Waals surface area contributed by atoms with Gasteiger partial charge in [0.1, 0.15) is 6.61 Å². The Labute approximate surface area is 106 Å². The fourth-order valence-corrected chi connectivity index (χ4v) is 2.04. The molecule has 1 atom stereocenters. The van der Waals surface area contributed by atoms with Gasteiger partial charge in [0.25, 0.3) is 10.1 Å². The molecule has 1 aromatic rings. The summed E-state index contributed by atoms with van der Waals surface area (Å²) in [6.07, 6.45) is -0.727. The van der Waals surface area contributed by atoms with Gasteiger partial charge in [-0.2, -0.15) is 8.42 Å². The van der Waals surface area contributed by atoms with Crippen molar-refractivity contribution in [2.45, 2.75) is 19.6 Å². The van der Waals surface area contributed by atoms with Crippen LogP contribution in [0.25, 0.3) is 0 Å². The normalized spacial score (nSPS) is 12.8. The number of amides is 1. The van der Waals surface area contributed by atoms with Gasteiger partial charge < -0.3 is 10.1 Å². The molecule has 2 N–H and O–H groups in total. The van der Waals surface area contributed by atoms with Crippen molar-refractivity contribution in [3.05, 3.63) is 35.9 Å². The smallest absolute Gasteiger partial charge is 0.407 e. The number of carbonyl (C=O) groups excluding carboxylic acids is 1. The molecule has 0 heterocycles. The zero-order valence-corrected chi connectivity index (χ0v) is 10.7. The lowest BCUT2D eigenvalue weighted by Gasteiger charge is -2.12. The lowest BCUT2D eigenvalue weighted by molar-refractivity contribution is 0.137. The van der Waals surface area contributed by atoms with Crippen LogP contribution in [-0.2, 0) is 21.5 Å². The van der Waals surface area contributed by atoms with E-state index >= 15 is 0 Å². The Balaban J connectivity index is 2.34. The Morgan fingerprint density at radius 1 is 1.39 bits per heavy atom. The average Bonchev–Trinajstić information content (AvgIpc) is 2.25. The summed E-state index contributed by atoms with van der Waals surface area (Å²) in [6.45, 7) is 1.56. The molecule has 0 radical (unpaired) electrons. The minimum atomic E-state index is -4.11. The van der Waals surface area contributed by atoms with Crippen molar-refractivity contribution in [2.24, 2.45) is 0 Å². The van der Waals surface area contributed by atoms with E-state index in [1.165, 1.54) is 6.92 Å². The van der Waals surface area contributed by atoms with E-state index < -0.39 is 28.0 Å². The molecule has 1 amide bonds. The van der Waals surface area contributed by atoms with Gasteiger partial charge in [0.2, 0.25) is 0 Å². The van der Waals surface area contributed by atoms with Crippen molar-refractivity contribution >= 4 is 16.2 Å². The van der Waals surface area contributed by atoms with Gasteiger partial charge in [-0.05, 0) is 12.5 Å². The Bertz CT molecular complexity index is 485. The molecule has 0 saturated heterocycles. The van der Waals surface area contributed by atoms with E-state index in [9.17, 15) is 13.2 Å². The number of hydrogen-bond donors (Lipinski definition) is 2.